The lowest BCUT2D eigenvalue weighted by Gasteiger charge is -2.36. The highest BCUT2D eigenvalue weighted by atomic mass is 16.2. The van der Waals surface area contributed by atoms with E-state index in [-0.39, 0.29) is 12.1 Å². The number of aliphatic imine (C=N–C) groups is 1. The van der Waals surface area contributed by atoms with Gasteiger partial charge in [0.15, 0.2) is 0 Å². The van der Waals surface area contributed by atoms with E-state index in [9.17, 15) is 14.4 Å². The third-order valence-corrected chi connectivity index (χ3v) is 8.92. The Morgan fingerprint density at radius 1 is 0.976 bits per heavy atom. The lowest BCUT2D eigenvalue weighted by Crippen LogP contribution is -2.53. The van der Waals surface area contributed by atoms with Crippen molar-refractivity contribution in [3.63, 3.8) is 0 Å². The average Bonchev–Trinajstić information content (AvgIpc) is 3.73. The van der Waals surface area contributed by atoms with Gasteiger partial charge in [0.2, 0.25) is 24.5 Å². The maximum atomic E-state index is 12.8. The summed E-state index contributed by atoms with van der Waals surface area (Å²) in [5.41, 5.74) is 9.36. The highest BCUT2D eigenvalue weighted by Crippen LogP contribution is 2.29. The van der Waals surface area contributed by atoms with Crippen LogP contribution >= 0.6 is 0 Å². The van der Waals surface area contributed by atoms with Crippen LogP contribution in [0.5, 0.6) is 0 Å². The summed E-state index contributed by atoms with van der Waals surface area (Å²) in [4.78, 5) is 47.4. The first-order valence-electron chi connectivity index (χ1n) is 15.4. The lowest BCUT2D eigenvalue weighted by atomic mass is 9.89. The first-order chi connectivity index (χ1) is 20.3. The van der Waals surface area contributed by atoms with Crippen LogP contribution < -0.4 is 16.4 Å². The molecular formula is C31H45N8O3+. The van der Waals surface area contributed by atoms with E-state index in [0.29, 0.717) is 30.5 Å². The molecule has 3 saturated heterocycles. The molecule has 0 bridgehead atoms. The Labute approximate surface area is 248 Å². The van der Waals surface area contributed by atoms with Crippen molar-refractivity contribution >= 4 is 35.6 Å². The van der Waals surface area contributed by atoms with E-state index in [1.54, 1.807) is 0 Å². The monoisotopic (exact) mass is 577 g/mol. The van der Waals surface area contributed by atoms with E-state index in [2.05, 4.69) is 27.7 Å². The van der Waals surface area contributed by atoms with Gasteiger partial charge in [0, 0.05) is 57.9 Å². The molecule has 4 N–H and O–H groups in total. The summed E-state index contributed by atoms with van der Waals surface area (Å²) in [5.74, 6) is 1.08. The molecule has 4 heterocycles. The molecule has 1 unspecified atom stereocenters. The van der Waals surface area contributed by atoms with Crippen LogP contribution in [0.25, 0.3) is 0 Å². The van der Waals surface area contributed by atoms with E-state index in [0.717, 1.165) is 94.9 Å². The Bertz CT molecular complexity index is 1260. The van der Waals surface area contributed by atoms with Gasteiger partial charge in [-0.05, 0) is 75.5 Å². The maximum Gasteiger partial charge on any atom is 0.317 e. The van der Waals surface area contributed by atoms with Crippen LogP contribution in [-0.4, -0.2) is 101 Å². The molecule has 5 rings (SSSR count). The maximum absolute atomic E-state index is 12.8. The van der Waals surface area contributed by atoms with Crippen molar-refractivity contribution in [3.8, 4) is 0 Å². The van der Waals surface area contributed by atoms with Gasteiger partial charge >= 0.3 is 17.6 Å². The van der Waals surface area contributed by atoms with Crippen molar-refractivity contribution in [3.05, 3.63) is 41.3 Å². The summed E-state index contributed by atoms with van der Waals surface area (Å²) >= 11 is 0. The summed E-state index contributed by atoms with van der Waals surface area (Å²) in [6, 6.07) is 8.31. The third-order valence-electron chi connectivity index (χ3n) is 8.92. The van der Waals surface area contributed by atoms with Gasteiger partial charge in [-0.1, -0.05) is 12.1 Å². The van der Waals surface area contributed by atoms with Crippen molar-refractivity contribution in [1.82, 2.24) is 20.0 Å². The van der Waals surface area contributed by atoms with Gasteiger partial charge in [-0.25, -0.2) is 9.79 Å². The first-order valence-corrected chi connectivity index (χ1v) is 15.4. The number of nitrogens with one attached hydrogen (secondary N) is 2. The number of anilines is 1. The molecule has 0 saturated carbocycles. The molecule has 1 aromatic rings. The van der Waals surface area contributed by atoms with Gasteiger partial charge in [-0.3, -0.25) is 9.59 Å². The van der Waals surface area contributed by atoms with Crippen LogP contribution in [0.2, 0.25) is 0 Å². The number of nitrogens with two attached hydrogens (primary N) is 1. The number of hydrogen-bond donors (Lipinski definition) is 3. The van der Waals surface area contributed by atoms with Crippen LogP contribution in [-0.2, 0) is 9.59 Å². The minimum Gasteiger partial charge on any atom is -0.360 e. The SMILES string of the molecule is CC(=NC(Nc1ccc(C2CCN(C=O)CC2)cc1)=C(C(N)=O)[N+]1=C(C)C1)N1CCCC(NC(=O)N2CCCCC2)C1. The lowest BCUT2D eigenvalue weighted by molar-refractivity contribution is -0.379. The fraction of sp³-hybridized carbons (Fsp3) is 0.581. The quantitative estimate of drug-likeness (QED) is 0.144. The summed E-state index contributed by atoms with van der Waals surface area (Å²) < 4.78 is 1.88. The van der Waals surface area contributed by atoms with Gasteiger partial charge in [0.25, 0.3) is 0 Å². The normalized spacial score (nSPS) is 22.5. The zero-order valence-electron chi connectivity index (χ0n) is 25.0. The summed E-state index contributed by atoms with van der Waals surface area (Å²) in [6.45, 7) is 9.30. The molecule has 4 aliphatic heterocycles. The largest absolute Gasteiger partial charge is 0.360 e. The van der Waals surface area contributed by atoms with Gasteiger partial charge < -0.3 is 31.1 Å². The minimum absolute atomic E-state index is 0.0275. The van der Waals surface area contributed by atoms with E-state index < -0.39 is 5.91 Å². The smallest absolute Gasteiger partial charge is 0.317 e. The molecule has 226 valence electrons. The standard InChI is InChI=1S/C31H44N8O3/c1-22-19-39(22)28(29(32)41)30(34-26-10-8-24(9-11-26)25-12-17-36(21-40)18-13-25)33-23(2)38-16-6-7-27(20-38)35-31(42)37-14-4-3-5-15-37/h8-11,21,25,27H,3-7,12-20H2,1-2H3,(H3-,32,34,35,41,42)/p+1. The van der Waals surface area contributed by atoms with Crippen LogP contribution in [0.15, 0.2) is 40.8 Å². The highest BCUT2D eigenvalue weighted by molar-refractivity contribution is 5.96. The molecule has 1 aromatic carbocycles. The van der Waals surface area contributed by atoms with Crippen molar-refractivity contribution in [2.24, 2.45) is 10.7 Å². The number of amides is 4. The Morgan fingerprint density at radius 2 is 1.64 bits per heavy atom. The molecule has 0 radical (unpaired) electrons. The fourth-order valence-corrected chi connectivity index (χ4v) is 6.28. The molecule has 11 nitrogen and oxygen atoms in total. The zero-order valence-corrected chi connectivity index (χ0v) is 25.0. The molecule has 0 aromatic heterocycles. The highest BCUT2D eigenvalue weighted by Gasteiger charge is 2.39. The van der Waals surface area contributed by atoms with Crippen molar-refractivity contribution in [1.29, 1.82) is 0 Å². The second-order valence-electron chi connectivity index (χ2n) is 12.0. The molecule has 4 amide bonds. The van der Waals surface area contributed by atoms with E-state index in [1.165, 1.54) is 12.0 Å². The summed E-state index contributed by atoms with van der Waals surface area (Å²) in [7, 11) is 0. The molecule has 0 spiro atoms. The Balaban J connectivity index is 1.31. The van der Waals surface area contributed by atoms with Crippen LogP contribution in [0.1, 0.15) is 70.3 Å². The Morgan fingerprint density at radius 3 is 2.26 bits per heavy atom. The molecule has 42 heavy (non-hydrogen) atoms. The fourth-order valence-electron chi connectivity index (χ4n) is 6.28. The van der Waals surface area contributed by atoms with Crippen LogP contribution in [0, 0.1) is 0 Å². The predicted octanol–water partition coefficient (Wildman–Crippen LogP) is 2.65. The molecule has 4 aliphatic rings. The third kappa shape index (κ3) is 7.30. The zero-order chi connectivity index (χ0) is 29.6. The van der Waals surface area contributed by atoms with Gasteiger partial charge in [0.1, 0.15) is 5.84 Å². The van der Waals surface area contributed by atoms with E-state index in [4.69, 9.17) is 10.7 Å². The number of piperidine rings is 3. The van der Waals surface area contributed by atoms with Gasteiger partial charge in [0.05, 0.1) is 0 Å². The number of nitrogens with zero attached hydrogens (tertiary/aromatic N) is 5. The second-order valence-corrected chi connectivity index (χ2v) is 12.0. The molecular weight excluding hydrogens is 532 g/mol. The predicted molar refractivity (Wildman–Crippen MR) is 163 cm³/mol. The summed E-state index contributed by atoms with van der Waals surface area (Å²) in [6.07, 6.45) is 8.03. The molecule has 3 fully saturated rings. The van der Waals surface area contributed by atoms with Crippen molar-refractivity contribution in [2.45, 2.75) is 70.8 Å². The van der Waals surface area contributed by atoms with Crippen molar-refractivity contribution < 1.29 is 19.0 Å². The van der Waals surface area contributed by atoms with Gasteiger partial charge in [-0.2, -0.15) is 4.58 Å². The number of carbonyl (C=O) groups excluding carboxylic acids is 3. The van der Waals surface area contributed by atoms with Crippen LogP contribution in [0.4, 0.5) is 10.5 Å². The number of rotatable bonds is 8. The van der Waals surface area contributed by atoms with E-state index >= 15 is 0 Å². The number of carbonyl (C=O) groups is 3. The Kier molecular flexibility index (Phi) is 9.44. The number of amidine groups is 1. The minimum atomic E-state index is -0.533. The number of primary amides is 1. The number of likely N-dealkylation sites (tertiary alicyclic amines) is 3. The van der Waals surface area contributed by atoms with Crippen LogP contribution in [0.3, 0.4) is 0 Å². The van der Waals surface area contributed by atoms with Gasteiger partial charge in [-0.15, -0.1) is 0 Å². The summed E-state index contributed by atoms with van der Waals surface area (Å²) in [5, 5.41) is 6.62. The van der Waals surface area contributed by atoms with E-state index in [1.807, 2.05) is 40.4 Å². The number of urea groups is 1. The average molecular weight is 578 g/mol. The van der Waals surface area contributed by atoms with Crippen molar-refractivity contribution in [2.75, 3.05) is 51.1 Å². The molecule has 0 aliphatic carbocycles. The first kappa shape index (κ1) is 29.6. The molecule has 11 heteroatoms. The number of hydrogen-bond acceptors (Lipinski definition) is 5. The number of benzene rings is 1. The second kappa shape index (κ2) is 13.4. The Hall–Kier alpha value is -3.89. The topological polar surface area (TPSA) is 126 Å². The molecule has 1 atom stereocenters.